The van der Waals surface area contributed by atoms with E-state index in [4.69, 9.17) is 5.73 Å². The SMILES string of the molecule is Nc1cc(CN2Cc3ccccc3C2)ccc1C(F)(F)F. The molecule has 0 unspecified atom stereocenters. The Balaban J connectivity index is 1.74. The van der Waals surface area contributed by atoms with Crippen LogP contribution in [0.3, 0.4) is 0 Å². The maximum Gasteiger partial charge on any atom is 0.418 e. The van der Waals surface area contributed by atoms with Gasteiger partial charge in [0, 0.05) is 25.3 Å². The first-order valence-electron chi connectivity index (χ1n) is 6.68. The number of rotatable bonds is 2. The number of alkyl halides is 3. The van der Waals surface area contributed by atoms with Gasteiger partial charge in [0.1, 0.15) is 0 Å². The van der Waals surface area contributed by atoms with Gasteiger partial charge in [0.15, 0.2) is 0 Å². The molecule has 3 rings (SSSR count). The van der Waals surface area contributed by atoms with Gasteiger partial charge in [-0.3, -0.25) is 4.90 Å². The van der Waals surface area contributed by atoms with Gasteiger partial charge < -0.3 is 5.73 Å². The van der Waals surface area contributed by atoms with E-state index >= 15 is 0 Å². The molecule has 2 N–H and O–H groups in total. The molecule has 0 saturated carbocycles. The number of nitrogen functional groups attached to an aromatic ring is 1. The van der Waals surface area contributed by atoms with Crippen molar-refractivity contribution in [2.75, 3.05) is 5.73 Å². The predicted molar refractivity (Wildman–Crippen MR) is 75.2 cm³/mol. The summed E-state index contributed by atoms with van der Waals surface area (Å²) in [6.07, 6.45) is -4.40. The third kappa shape index (κ3) is 2.88. The summed E-state index contributed by atoms with van der Waals surface area (Å²) in [5.74, 6) is 0. The molecule has 0 bridgehead atoms. The van der Waals surface area contributed by atoms with Gasteiger partial charge in [-0.15, -0.1) is 0 Å². The van der Waals surface area contributed by atoms with Crippen molar-refractivity contribution < 1.29 is 13.2 Å². The lowest BCUT2D eigenvalue weighted by Crippen LogP contribution is -2.16. The highest BCUT2D eigenvalue weighted by molar-refractivity contribution is 5.50. The van der Waals surface area contributed by atoms with Crippen LogP contribution in [0.15, 0.2) is 42.5 Å². The van der Waals surface area contributed by atoms with Crippen LogP contribution in [0.25, 0.3) is 0 Å². The second kappa shape index (κ2) is 5.07. The molecule has 1 aliphatic rings. The first kappa shape index (κ1) is 13.9. The molecule has 0 spiro atoms. The Morgan fingerprint density at radius 1 is 1.00 bits per heavy atom. The summed E-state index contributed by atoms with van der Waals surface area (Å²) in [5.41, 5.74) is 7.90. The van der Waals surface area contributed by atoms with Crippen LogP contribution < -0.4 is 5.73 Å². The molecule has 0 atom stereocenters. The minimum Gasteiger partial charge on any atom is -0.398 e. The van der Waals surface area contributed by atoms with E-state index < -0.39 is 11.7 Å². The van der Waals surface area contributed by atoms with Gasteiger partial charge in [0.2, 0.25) is 0 Å². The van der Waals surface area contributed by atoms with E-state index in [0.717, 1.165) is 24.7 Å². The number of nitrogens with two attached hydrogens (primary N) is 1. The second-order valence-corrected chi connectivity index (χ2v) is 5.33. The molecular weight excluding hydrogens is 277 g/mol. The Morgan fingerprint density at radius 2 is 1.62 bits per heavy atom. The third-order valence-corrected chi connectivity index (χ3v) is 3.73. The van der Waals surface area contributed by atoms with Gasteiger partial charge >= 0.3 is 6.18 Å². The van der Waals surface area contributed by atoms with Crippen LogP contribution in [0.1, 0.15) is 22.3 Å². The zero-order valence-corrected chi connectivity index (χ0v) is 11.3. The van der Waals surface area contributed by atoms with Crippen LogP contribution in [0.4, 0.5) is 18.9 Å². The first-order valence-corrected chi connectivity index (χ1v) is 6.68. The van der Waals surface area contributed by atoms with Crippen molar-refractivity contribution >= 4 is 5.69 Å². The van der Waals surface area contributed by atoms with E-state index in [1.807, 2.05) is 12.1 Å². The Bertz CT molecular complexity index is 640. The van der Waals surface area contributed by atoms with E-state index in [-0.39, 0.29) is 5.69 Å². The summed E-state index contributed by atoms with van der Waals surface area (Å²) >= 11 is 0. The Morgan fingerprint density at radius 3 is 2.14 bits per heavy atom. The Kier molecular flexibility index (Phi) is 3.37. The lowest BCUT2D eigenvalue weighted by Gasteiger charge is -2.16. The fraction of sp³-hybridized carbons (Fsp3) is 0.250. The van der Waals surface area contributed by atoms with Crippen LogP contribution in [0.2, 0.25) is 0 Å². The zero-order chi connectivity index (χ0) is 15.0. The third-order valence-electron chi connectivity index (χ3n) is 3.73. The number of hydrogen-bond donors (Lipinski definition) is 1. The van der Waals surface area contributed by atoms with Crippen LogP contribution in [0.5, 0.6) is 0 Å². The number of halogens is 3. The molecule has 21 heavy (non-hydrogen) atoms. The van der Waals surface area contributed by atoms with Crippen LogP contribution in [-0.2, 0) is 25.8 Å². The van der Waals surface area contributed by atoms with Crippen molar-refractivity contribution in [3.63, 3.8) is 0 Å². The van der Waals surface area contributed by atoms with Gasteiger partial charge in [0.05, 0.1) is 5.56 Å². The van der Waals surface area contributed by atoms with E-state index in [1.54, 1.807) is 0 Å². The fourth-order valence-corrected chi connectivity index (χ4v) is 2.74. The normalized spacial score (nSPS) is 15.2. The molecule has 0 aliphatic carbocycles. The largest absolute Gasteiger partial charge is 0.418 e. The highest BCUT2D eigenvalue weighted by Gasteiger charge is 2.32. The predicted octanol–water partition coefficient (Wildman–Crippen LogP) is 3.80. The van der Waals surface area contributed by atoms with Crippen molar-refractivity contribution in [2.24, 2.45) is 0 Å². The van der Waals surface area contributed by atoms with Crippen molar-refractivity contribution in [3.05, 3.63) is 64.7 Å². The van der Waals surface area contributed by atoms with Gasteiger partial charge in [-0.1, -0.05) is 30.3 Å². The van der Waals surface area contributed by atoms with E-state index in [1.165, 1.54) is 23.3 Å². The van der Waals surface area contributed by atoms with E-state index in [2.05, 4.69) is 17.0 Å². The summed E-state index contributed by atoms with van der Waals surface area (Å²) in [7, 11) is 0. The number of fused-ring (bicyclic) bond motifs is 1. The van der Waals surface area contributed by atoms with Crippen LogP contribution in [-0.4, -0.2) is 4.90 Å². The molecule has 0 saturated heterocycles. The van der Waals surface area contributed by atoms with Gasteiger partial charge in [-0.2, -0.15) is 13.2 Å². The lowest BCUT2D eigenvalue weighted by atomic mass is 10.1. The Labute approximate surface area is 121 Å². The molecule has 2 aromatic carbocycles. The summed E-state index contributed by atoms with van der Waals surface area (Å²) in [6, 6.07) is 12.1. The monoisotopic (exact) mass is 292 g/mol. The molecule has 0 amide bonds. The summed E-state index contributed by atoms with van der Waals surface area (Å²) in [5, 5.41) is 0. The van der Waals surface area contributed by atoms with Crippen molar-refractivity contribution in [1.82, 2.24) is 4.90 Å². The standard InChI is InChI=1S/C16H15F3N2/c17-16(18,19)14-6-5-11(7-15(14)20)8-21-9-12-3-1-2-4-13(12)10-21/h1-7H,8-10,20H2. The van der Waals surface area contributed by atoms with Gasteiger partial charge in [-0.05, 0) is 28.8 Å². The molecule has 1 aliphatic heterocycles. The second-order valence-electron chi connectivity index (χ2n) is 5.33. The average Bonchev–Trinajstić information content (AvgIpc) is 2.79. The summed E-state index contributed by atoms with van der Waals surface area (Å²) < 4.78 is 38.0. The molecule has 0 fully saturated rings. The summed E-state index contributed by atoms with van der Waals surface area (Å²) in [4.78, 5) is 2.19. The summed E-state index contributed by atoms with van der Waals surface area (Å²) in [6.45, 7) is 2.23. The highest BCUT2D eigenvalue weighted by atomic mass is 19.4. The molecular formula is C16H15F3N2. The molecule has 2 nitrogen and oxygen atoms in total. The topological polar surface area (TPSA) is 29.3 Å². The molecule has 0 aromatic heterocycles. The number of hydrogen-bond acceptors (Lipinski definition) is 2. The van der Waals surface area contributed by atoms with Crippen molar-refractivity contribution in [2.45, 2.75) is 25.8 Å². The minimum atomic E-state index is -4.40. The fourth-order valence-electron chi connectivity index (χ4n) is 2.74. The van der Waals surface area contributed by atoms with Gasteiger partial charge in [0.25, 0.3) is 0 Å². The number of benzene rings is 2. The smallest absolute Gasteiger partial charge is 0.398 e. The van der Waals surface area contributed by atoms with Crippen LogP contribution in [0, 0.1) is 0 Å². The van der Waals surface area contributed by atoms with E-state index in [9.17, 15) is 13.2 Å². The van der Waals surface area contributed by atoms with E-state index in [0.29, 0.717) is 6.54 Å². The molecule has 5 heteroatoms. The quantitative estimate of drug-likeness (QED) is 0.853. The average molecular weight is 292 g/mol. The molecule has 110 valence electrons. The molecule has 0 radical (unpaired) electrons. The number of nitrogens with zero attached hydrogens (tertiary/aromatic N) is 1. The minimum absolute atomic E-state index is 0.211. The Hall–Kier alpha value is -2.01. The highest BCUT2D eigenvalue weighted by Crippen LogP contribution is 2.34. The maximum atomic E-state index is 12.7. The maximum absolute atomic E-state index is 12.7. The van der Waals surface area contributed by atoms with Crippen LogP contribution >= 0.6 is 0 Å². The zero-order valence-electron chi connectivity index (χ0n) is 11.3. The first-order chi connectivity index (χ1) is 9.93. The lowest BCUT2D eigenvalue weighted by molar-refractivity contribution is -0.136. The number of anilines is 1. The van der Waals surface area contributed by atoms with Crippen molar-refractivity contribution in [3.8, 4) is 0 Å². The molecule has 2 aromatic rings. The van der Waals surface area contributed by atoms with Gasteiger partial charge in [-0.25, -0.2) is 0 Å². The van der Waals surface area contributed by atoms with Crippen molar-refractivity contribution in [1.29, 1.82) is 0 Å². The molecule has 1 heterocycles.